The molecule has 1 aliphatic carbocycles. The van der Waals surface area contributed by atoms with E-state index in [4.69, 9.17) is 0 Å². The van der Waals surface area contributed by atoms with Gasteiger partial charge in [-0.1, -0.05) is 69.0 Å². The Kier molecular flexibility index (Phi) is 4.85. The summed E-state index contributed by atoms with van der Waals surface area (Å²) in [6.07, 6.45) is 14.6. The summed E-state index contributed by atoms with van der Waals surface area (Å²) in [5, 5.41) is 0. The van der Waals surface area contributed by atoms with Crippen molar-refractivity contribution in [3.8, 4) is 0 Å². The number of rotatable bonds is 3. The first-order valence-corrected chi connectivity index (χ1v) is 10.3. The minimum absolute atomic E-state index is 0.0620. The highest BCUT2D eigenvalue weighted by Gasteiger charge is 2.37. The van der Waals surface area contributed by atoms with Gasteiger partial charge in [-0.3, -0.25) is 0 Å². The minimum Gasteiger partial charge on any atom is -0.310 e. The van der Waals surface area contributed by atoms with Crippen LogP contribution in [0, 0.1) is 0 Å². The number of allylic oxidation sites excluding steroid dienone is 6. The van der Waals surface area contributed by atoms with Crippen LogP contribution in [0.4, 0.5) is 11.4 Å². The predicted molar refractivity (Wildman–Crippen MR) is 122 cm³/mol. The van der Waals surface area contributed by atoms with Gasteiger partial charge in [-0.05, 0) is 72.7 Å². The first-order valence-electron chi connectivity index (χ1n) is 10.3. The van der Waals surface area contributed by atoms with Crippen LogP contribution < -0.4 is 4.90 Å². The summed E-state index contributed by atoms with van der Waals surface area (Å²) in [7, 11) is 0. The van der Waals surface area contributed by atoms with E-state index in [1.807, 2.05) is 6.08 Å². The fourth-order valence-corrected chi connectivity index (χ4v) is 4.49. The van der Waals surface area contributed by atoms with E-state index < -0.39 is 0 Å². The number of fused-ring (bicyclic) bond motifs is 2. The molecule has 0 atom stereocenters. The second-order valence-electron chi connectivity index (χ2n) is 8.12. The van der Waals surface area contributed by atoms with Gasteiger partial charge in [0.15, 0.2) is 0 Å². The molecule has 2 aromatic carbocycles. The fourth-order valence-electron chi connectivity index (χ4n) is 4.49. The van der Waals surface area contributed by atoms with Crippen LogP contribution in [-0.4, -0.2) is 0 Å². The van der Waals surface area contributed by atoms with E-state index in [0.717, 1.165) is 12.8 Å². The average molecular weight is 368 g/mol. The monoisotopic (exact) mass is 367 g/mol. The molecule has 0 amide bonds. The summed E-state index contributed by atoms with van der Waals surface area (Å²) in [5.74, 6) is 0. The highest BCUT2D eigenvalue weighted by molar-refractivity contribution is 5.84. The maximum atomic E-state index is 3.99. The van der Waals surface area contributed by atoms with Crippen molar-refractivity contribution in [3.63, 3.8) is 0 Å². The lowest BCUT2D eigenvalue weighted by atomic mass is 9.73. The lowest BCUT2D eigenvalue weighted by Gasteiger charge is -2.42. The third kappa shape index (κ3) is 2.96. The van der Waals surface area contributed by atoms with E-state index in [1.54, 1.807) is 0 Å². The zero-order valence-electron chi connectivity index (χ0n) is 17.2. The van der Waals surface area contributed by atoms with Crippen molar-refractivity contribution in [2.45, 2.75) is 45.4 Å². The van der Waals surface area contributed by atoms with Gasteiger partial charge < -0.3 is 4.90 Å². The Balaban J connectivity index is 1.98. The van der Waals surface area contributed by atoms with Gasteiger partial charge in [0.1, 0.15) is 0 Å². The number of hydrogen-bond acceptors (Lipinski definition) is 1. The summed E-state index contributed by atoms with van der Waals surface area (Å²) < 4.78 is 0. The minimum atomic E-state index is -0.0620. The Morgan fingerprint density at radius 3 is 2.61 bits per heavy atom. The molecule has 0 spiro atoms. The normalized spacial score (nSPS) is 18.0. The third-order valence-electron chi connectivity index (χ3n) is 6.07. The zero-order valence-corrected chi connectivity index (χ0v) is 17.2. The molecule has 28 heavy (non-hydrogen) atoms. The molecule has 1 heteroatoms. The zero-order chi connectivity index (χ0) is 19.7. The molecule has 4 rings (SSSR count). The predicted octanol–water partition coefficient (Wildman–Crippen LogP) is 7.68. The quantitative estimate of drug-likeness (QED) is 0.503. The van der Waals surface area contributed by atoms with Crippen molar-refractivity contribution in [2.24, 2.45) is 0 Å². The SMILES string of the molecule is C=CC(=CC)c1ccc2c(c1)C(C)(C)c1ccccc1N2C1=CCCCC=C1. The molecule has 1 nitrogen and oxygen atoms in total. The molecule has 0 radical (unpaired) electrons. The van der Waals surface area contributed by atoms with Crippen LogP contribution in [0.2, 0.25) is 0 Å². The van der Waals surface area contributed by atoms with Crippen molar-refractivity contribution < 1.29 is 0 Å². The number of hydrogen-bond donors (Lipinski definition) is 0. The Bertz CT molecular complexity index is 1000. The lowest BCUT2D eigenvalue weighted by molar-refractivity contribution is 0.630. The van der Waals surface area contributed by atoms with Crippen molar-refractivity contribution in [3.05, 3.63) is 102 Å². The Hall–Kier alpha value is -2.80. The van der Waals surface area contributed by atoms with Gasteiger partial charge in [0, 0.05) is 11.1 Å². The summed E-state index contributed by atoms with van der Waals surface area (Å²) in [5.41, 5.74) is 8.94. The van der Waals surface area contributed by atoms with Gasteiger partial charge in [-0.2, -0.15) is 0 Å². The third-order valence-corrected chi connectivity index (χ3v) is 6.07. The van der Waals surface area contributed by atoms with Crippen LogP contribution >= 0.6 is 0 Å². The Morgan fingerprint density at radius 2 is 1.82 bits per heavy atom. The van der Waals surface area contributed by atoms with Gasteiger partial charge in [-0.15, -0.1) is 0 Å². The standard InChI is InChI=1S/C27H29N/c1-5-20(6-2)21-17-18-26-24(19-21)27(3,4)23-15-11-12-16-25(23)28(26)22-13-9-7-8-10-14-22/h5-6,9,11-19H,1,7-8,10H2,2-4H3. The molecule has 1 heterocycles. The van der Waals surface area contributed by atoms with E-state index >= 15 is 0 Å². The molecule has 0 unspecified atom stereocenters. The molecule has 0 saturated heterocycles. The Morgan fingerprint density at radius 1 is 1.04 bits per heavy atom. The molecule has 0 saturated carbocycles. The van der Waals surface area contributed by atoms with Crippen LogP contribution in [0.25, 0.3) is 5.57 Å². The van der Waals surface area contributed by atoms with Crippen LogP contribution in [0.1, 0.15) is 56.7 Å². The van der Waals surface area contributed by atoms with Gasteiger partial charge in [0.25, 0.3) is 0 Å². The van der Waals surface area contributed by atoms with E-state index in [1.165, 1.54) is 45.8 Å². The maximum Gasteiger partial charge on any atom is 0.0502 e. The van der Waals surface area contributed by atoms with Gasteiger partial charge in [0.05, 0.1) is 11.4 Å². The summed E-state index contributed by atoms with van der Waals surface area (Å²) in [4.78, 5) is 2.45. The molecule has 2 aromatic rings. The summed E-state index contributed by atoms with van der Waals surface area (Å²) >= 11 is 0. The summed E-state index contributed by atoms with van der Waals surface area (Å²) in [6.45, 7) is 10.7. The van der Waals surface area contributed by atoms with Crippen LogP contribution in [0.15, 0.2) is 85.1 Å². The van der Waals surface area contributed by atoms with Gasteiger partial charge in [0.2, 0.25) is 0 Å². The van der Waals surface area contributed by atoms with Crippen LogP contribution in [0.3, 0.4) is 0 Å². The number of nitrogens with zero attached hydrogens (tertiary/aromatic N) is 1. The van der Waals surface area contributed by atoms with Crippen molar-refractivity contribution in [1.82, 2.24) is 0 Å². The molecule has 0 N–H and O–H groups in total. The first-order chi connectivity index (χ1) is 13.6. The maximum absolute atomic E-state index is 3.99. The fraction of sp³-hybridized carbons (Fsp3) is 0.259. The van der Waals surface area contributed by atoms with E-state index in [2.05, 4.69) is 99.0 Å². The number of benzene rings is 2. The van der Waals surface area contributed by atoms with Gasteiger partial charge >= 0.3 is 0 Å². The molecular weight excluding hydrogens is 338 g/mol. The lowest BCUT2D eigenvalue weighted by Crippen LogP contribution is -2.32. The van der Waals surface area contributed by atoms with Crippen molar-refractivity contribution in [2.75, 3.05) is 4.90 Å². The van der Waals surface area contributed by atoms with E-state index in [0.29, 0.717) is 0 Å². The van der Waals surface area contributed by atoms with E-state index in [9.17, 15) is 0 Å². The van der Waals surface area contributed by atoms with Crippen LogP contribution in [-0.2, 0) is 5.41 Å². The Labute approximate surface area is 169 Å². The molecule has 0 fully saturated rings. The van der Waals surface area contributed by atoms with Crippen molar-refractivity contribution >= 4 is 16.9 Å². The topological polar surface area (TPSA) is 3.24 Å². The second kappa shape index (κ2) is 7.31. The highest BCUT2D eigenvalue weighted by atomic mass is 15.2. The molecule has 0 bridgehead atoms. The van der Waals surface area contributed by atoms with Gasteiger partial charge in [-0.25, -0.2) is 0 Å². The molecule has 0 aromatic heterocycles. The first kappa shape index (κ1) is 18.6. The number of para-hydroxylation sites is 1. The molecule has 2 aliphatic rings. The molecular formula is C27H29N. The summed E-state index contributed by atoms with van der Waals surface area (Å²) in [6, 6.07) is 15.7. The van der Waals surface area contributed by atoms with Crippen LogP contribution in [0.5, 0.6) is 0 Å². The van der Waals surface area contributed by atoms with E-state index in [-0.39, 0.29) is 5.41 Å². The second-order valence-corrected chi connectivity index (χ2v) is 8.12. The highest BCUT2D eigenvalue weighted by Crippen LogP contribution is 2.51. The molecule has 1 aliphatic heterocycles. The smallest absolute Gasteiger partial charge is 0.0502 e. The molecule has 142 valence electrons. The largest absolute Gasteiger partial charge is 0.310 e. The average Bonchev–Trinajstić information content (AvgIpc) is 2.99. The van der Waals surface area contributed by atoms with Crippen molar-refractivity contribution in [1.29, 1.82) is 0 Å². The number of anilines is 2.